The van der Waals surface area contributed by atoms with Crippen LogP contribution < -0.4 is 11.1 Å². The first kappa shape index (κ1) is 12.9. The smallest absolute Gasteiger partial charge is 0.222 e. The molecule has 2 fully saturated rings. The summed E-state index contributed by atoms with van der Waals surface area (Å²) < 4.78 is 0. The van der Waals surface area contributed by atoms with Gasteiger partial charge in [-0.2, -0.15) is 0 Å². The highest BCUT2D eigenvalue weighted by atomic mass is 16.1. The lowest BCUT2D eigenvalue weighted by molar-refractivity contribution is -0.125. The van der Waals surface area contributed by atoms with Gasteiger partial charge in [-0.3, -0.25) is 4.79 Å². The Hall–Kier alpha value is -0.570. The number of rotatable bonds is 6. The summed E-state index contributed by atoms with van der Waals surface area (Å²) in [5, 5.41) is 3.01. The average molecular weight is 238 g/mol. The molecule has 98 valence electrons. The van der Waals surface area contributed by atoms with E-state index in [1.807, 2.05) is 0 Å². The van der Waals surface area contributed by atoms with Crippen molar-refractivity contribution in [2.75, 3.05) is 6.54 Å². The summed E-state index contributed by atoms with van der Waals surface area (Å²) in [6.45, 7) is 2.72. The van der Waals surface area contributed by atoms with Crippen LogP contribution in [0, 0.1) is 17.8 Å². The van der Waals surface area contributed by atoms with E-state index in [4.69, 9.17) is 5.73 Å². The Morgan fingerprint density at radius 3 is 2.53 bits per heavy atom. The fourth-order valence-electron chi connectivity index (χ4n) is 2.94. The van der Waals surface area contributed by atoms with Gasteiger partial charge in [-0.15, -0.1) is 0 Å². The molecule has 0 radical (unpaired) electrons. The largest absolute Gasteiger partial charge is 0.354 e. The molecule has 2 rings (SSSR count). The number of nitrogens with one attached hydrogen (secondary N) is 1. The number of carbonyl (C=O) groups is 1. The molecule has 0 aliphatic heterocycles. The number of hydrogen-bond donors (Lipinski definition) is 2. The first-order chi connectivity index (χ1) is 8.16. The third-order valence-corrected chi connectivity index (χ3v) is 4.35. The minimum absolute atomic E-state index is 0.157. The van der Waals surface area contributed by atoms with Crippen LogP contribution in [0.1, 0.15) is 51.9 Å². The van der Waals surface area contributed by atoms with Crippen LogP contribution in [0.3, 0.4) is 0 Å². The zero-order valence-electron chi connectivity index (χ0n) is 11.0. The zero-order valence-corrected chi connectivity index (χ0v) is 11.0. The minimum Gasteiger partial charge on any atom is -0.354 e. The second-order valence-corrected chi connectivity index (χ2v) is 6.03. The maximum Gasteiger partial charge on any atom is 0.222 e. The van der Waals surface area contributed by atoms with Gasteiger partial charge in [-0.25, -0.2) is 0 Å². The van der Waals surface area contributed by atoms with E-state index < -0.39 is 0 Å². The number of nitrogens with two attached hydrogens (primary N) is 1. The molecule has 2 saturated carbocycles. The Morgan fingerprint density at radius 2 is 1.94 bits per heavy atom. The highest BCUT2D eigenvalue weighted by molar-refractivity contribution is 5.78. The van der Waals surface area contributed by atoms with Crippen LogP contribution in [-0.2, 0) is 4.79 Å². The SMILES string of the molecule is CC(CC1CCCC1)C(=O)NCC(N)C1CC1. The molecule has 0 aromatic carbocycles. The Morgan fingerprint density at radius 1 is 1.29 bits per heavy atom. The summed E-state index contributed by atoms with van der Waals surface area (Å²) in [5.41, 5.74) is 5.98. The predicted molar refractivity (Wildman–Crippen MR) is 69.4 cm³/mol. The highest BCUT2D eigenvalue weighted by Gasteiger charge is 2.29. The quantitative estimate of drug-likeness (QED) is 0.744. The summed E-state index contributed by atoms with van der Waals surface area (Å²) in [6, 6.07) is 0.178. The molecule has 0 bridgehead atoms. The average Bonchev–Trinajstić information content (AvgIpc) is 3.05. The molecule has 2 atom stereocenters. The maximum absolute atomic E-state index is 11.9. The Balaban J connectivity index is 1.63. The van der Waals surface area contributed by atoms with Gasteiger partial charge in [-0.1, -0.05) is 32.6 Å². The van der Waals surface area contributed by atoms with Crippen molar-refractivity contribution in [3.63, 3.8) is 0 Å². The molecule has 2 unspecified atom stereocenters. The lowest BCUT2D eigenvalue weighted by Gasteiger charge is -2.18. The summed E-state index contributed by atoms with van der Waals surface area (Å²) in [4.78, 5) is 11.9. The van der Waals surface area contributed by atoms with E-state index in [1.165, 1.54) is 38.5 Å². The lowest BCUT2D eigenvalue weighted by Crippen LogP contribution is -2.40. The van der Waals surface area contributed by atoms with Gasteiger partial charge < -0.3 is 11.1 Å². The topological polar surface area (TPSA) is 55.1 Å². The molecule has 3 nitrogen and oxygen atoms in total. The second-order valence-electron chi connectivity index (χ2n) is 6.03. The number of hydrogen-bond acceptors (Lipinski definition) is 2. The van der Waals surface area contributed by atoms with Crippen molar-refractivity contribution in [1.82, 2.24) is 5.32 Å². The predicted octanol–water partition coefficient (Wildman–Crippen LogP) is 2.06. The number of amides is 1. The van der Waals surface area contributed by atoms with Crippen LogP contribution in [0.15, 0.2) is 0 Å². The van der Waals surface area contributed by atoms with E-state index in [1.54, 1.807) is 0 Å². The Kier molecular flexibility index (Phi) is 4.43. The van der Waals surface area contributed by atoms with Crippen LogP contribution in [0.4, 0.5) is 0 Å². The highest BCUT2D eigenvalue weighted by Crippen LogP contribution is 2.31. The van der Waals surface area contributed by atoms with Crippen molar-refractivity contribution < 1.29 is 4.79 Å². The first-order valence-electron chi connectivity index (χ1n) is 7.20. The molecule has 0 aromatic rings. The van der Waals surface area contributed by atoms with Crippen molar-refractivity contribution in [3.05, 3.63) is 0 Å². The van der Waals surface area contributed by atoms with Gasteiger partial charge in [0.2, 0.25) is 5.91 Å². The second kappa shape index (κ2) is 5.85. The van der Waals surface area contributed by atoms with Gasteiger partial charge in [-0.05, 0) is 31.1 Å². The van der Waals surface area contributed by atoms with Crippen LogP contribution in [-0.4, -0.2) is 18.5 Å². The monoisotopic (exact) mass is 238 g/mol. The number of carbonyl (C=O) groups excluding carboxylic acids is 1. The Bertz CT molecular complexity index is 257. The molecule has 2 aliphatic rings. The van der Waals surface area contributed by atoms with E-state index in [0.29, 0.717) is 12.5 Å². The van der Waals surface area contributed by atoms with Crippen molar-refractivity contribution in [3.8, 4) is 0 Å². The van der Waals surface area contributed by atoms with Crippen LogP contribution in [0.2, 0.25) is 0 Å². The fraction of sp³-hybridized carbons (Fsp3) is 0.929. The standard InChI is InChI=1S/C14H26N2O/c1-10(8-11-4-2-3-5-11)14(17)16-9-13(15)12-6-7-12/h10-13H,2-9,15H2,1H3,(H,16,17). The van der Waals surface area contributed by atoms with Crippen molar-refractivity contribution >= 4 is 5.91 Å². The van der Waals surface area contributed by atoms with Crippen molar-refractivity contribution in [1.29, 1.82) is 0 Å². The Labute approximate surface area is 105 Å². The molecule has 2 aliphatic carbocycles. The lowest BCUT2D eigenvalue weighted by atomic mass is 9.94. The molecule has 0 aromatic heterocycles. The minimum atomic E-state index is 0.157. The van der Waals surface area contributed by atoms with Crippen LogP contribution >= 0.6 is 0 Å². The first-order valence-corrected chi connectivity index (χ1v) is 7.20. The van der Waals surface area contributed by atoms with Gasteiger partial charge in [0.1, 0.15) is 0 Å². The molecular formula is C14H26N2O. The van der Waals surface area contributed by atoms with E-state index in [9.17, 15) is 4.79 Å². The van der Waals surface area contributed by atoms with Crippen molar-refractivity contribution in [2.45, 2.75) is 57.9 Å². The van der Waals surface area contributed by atoms with E-state index in [2.05, 4.69) is 12.2 Å². The van der Waals surface area contributed by atoms with E-state index in [0.717, 1.165) is 12.3 Å². The normalized spacial score (nSPS) is 24.6. The fourth-order valence-corrected chi connectivity index (χ4v) is 2.94. The zero-order chi connectivity index (χ0) is 12.3. The molecule has 0 saturated heterocycles. The van der Waals surface area contributed by atoms with Gasteiger partial charge in [0.25, 0.3) is 0 Å². The third kappa shape index (κ3) is 3.98. The van der Waals surface area contributed by atoms with Gasteiger partial charge in [0.05, 0.1) is 0 Å². The molecule has 17 heavy (non-hydrogen) atoms. The third-order valence-electron chi connectivity index (χ3n) is 4.35. The summed E-state index contributed by atoms with van der Waals surface area (Å²) in [5.74, 6) is 1.81. The summed E-state index contributed by atoms with van der Waals surface area (Å²) in [6.07, 6.45) is 8.89. The molecular weight excluding hydrogens is 212 g/mol. The van der Waals surface area contributed by atoms with Crippen LogP contribution in [0.25, 0.3) is 0 Å². The molecule has 3 N–H and O–H groups in total. The maximum atomic E-state index is 11.9. The molecule has 3 heteroatoms. The van der Waals surface area contributed by atoms with Crippen LogP contribution in [0.5, 0.6) is 0 Å². The van der Waals surface area contributed by atoms with E-state index in [-0.39, 0.29) is 17.9 Å². The summed E-state index contributed by atoms with van der Waals surface area (Å²) in [7, 11) is 0. The van der Waals surface area contributed by atoms with Crippen molar-refractivity contribution in [2.24, 2.45) is 23.5 Å². The molecule has 0 heterocycles. The molecule has 0 spiro atoms. The van der Waals surface area contributed by atoms with E-state index >= 15 is 0 Å². The van der Waals surface area contributed by atoms with Gasteiger partial charge in [0, 0.05) is 18.5 Å². The van der Waals surface area contributed by atoms with Gasteiger partial charge >= 0.3 is 0 Å². The summed E-state index contributed by atoms with van der Waals surface area (Å²) >= 11 is 0. The van der Waals surface area contributed by atoms with Gasteiger partial charge in [0.15, 0.2) is 0 Å². The molecule has 1 amide bonds.